The number of methoxy groups -OCH3 is 1. The molecular formula is C19H29O7P. The van der Waals surface area contributed by atoms with Crippen LogP contribution in [-0.2, 0) is 27.9 Å². The van der Waals surface area contributed by atoms with Crippen LogP contribution >= 0.6 is 7.60 Å². The van der Waals surface area contributed by atoms with Gasteiger partial charge in [-0.25, -0.2) is 0 Å². The average Bonchev–Trinajstić information content (AvgIpc) is 2.61. The van der Waals surface area contributed by atoms with Gasteiger partial charge in [0.15, 0.2) is 0 Å². The van der Waals surface area contributed by atoms with Crippen molar-refractivity contribution in [2.24, 2.45) is 0 Å². The smallest absolute Gasteiger partial charge is 0.338 e. The molecule has 1 rings (SSSR count). The summed E-state index contributed by atoms with van der Waals surface area (Å²) in [6, 6.07) is 6.93. The minimum atomic E-state index is -3.49. The van der Waals surface area contributed by atoms with Gasteiger partial charge >= 0.3 is 13.6 Å². The lowest BCUT2D eigenvalue weighted by Gasteiger charge is -2.20. The Balaban J connectivity index is 2.92. The van der Waals surface area contributed by atoms with Crippen molar-refractivity contribution in [3.8, 4) is 5.75 Å². The second-order valence-electron chi connectivity index (χ2n) is 5.85. The van der Waals surface area contributed by atoms with Gasteiger partial charge in [-0.2, -0.15) is 0 Å². The molecule has 7 nitrogen and oxygen atoms in total. The number of esters is 1. The molecule has 8 heteroatoms. The molecule has 1 aromatic carbocycles. The van der Waals surface area contributed by atoms with E-state index in [1.807, 2.05) is 6.92 Å². The lowest BCUT2D eigenvalue weighted by molar-refractivity contribution is -0.150. The Morgan fingerprint density at radius 1 is 1.04 bits per heavy atom. The van der Waals surface area contributed by atoms with Crippen molar-refractivity contribution in [2.45, 2.75) is 46.1 Å². The fourth-order valence-corrected chi connectivity index (χ4v) is 4.08. The normalized spacial score (nSPS) is 12.4. The number of ether oxygens (including phenoxy) is 2. The number of Topliss-reactive ketones (excluding diaryl/α,β-unsaturated/α-hetero) is 1. The van der Waals surface area contributed by atoms with Gasteiger partial charge in [0.1, 0.15) is 23.8 Å². The molecule has 0 unspecified atom stereocenters. The summed E-state index contributed by atoms with van der Waals surface area (Å²) < 4.78 is 33.5. The summed E-state index contributed by atoms with van der Waals surface area (Å²) >= 11 is 0. The van der Waals surface area contributed by atoms with E-state index in [-0.39, 0.29) is 44.0 Å². The summed E-state index contributed by atoms with van der Waals surface area (Å²) in [6.45, 7) is 5.59. The van der Waals surface area contributed by atoms with E-state index in [1.54, 1.807) is 45.2 Å². The average molecular weight is 400 g/mol. The number of carbonyl (C=O) groups excluding carboxylic acids is 2. The SMILES string of the molecule is CCCC(=O)O[C@@H](CC(=O)CP(=O)(OCC)OCC)c1ccc(OC)cc1. The number of hydrogen-bond donors (Lipinski definition) is 0. The van der Waals surface area contributed by atoms with Gasteiger partial charge in [0, 0.05) is 12.8 Å². The Bertz CT molecular complexity index is 632. The van der Waals surface area contributed by atoms with E-state index >= 15 is 0 Å². The van der Waals surface area contributed by atoms with E-state index in [4.69, 9.17) is 18.5 Å². The van der Waals surface area contributed by atoms with Crippen LogP contribution in [0.2, 0.25) is 0 Å². The number of rotatable bonds is 13. The van der Waals surface area contributed by atoms with Gasteiger partial charge < -0.3 is 18.5 Å². The largest absolute Gasteiger partial charge is 0.497 e. The second-order valence-corrected chi connectivity index (χ2v) is 7.90. The fourth-order valence-electron chi connectivity index (χ4n) is 2.48. The van der Waals surface area contributed by atoms with Crippen molar-refractivity contribution in [3.05, 3.63) is 29.8 Å². The topological polar surface area (TPSA) is 88.1 Å². The highest BCUT2D eigenvalue weighted by atomic mass is 31.2. The van der Waals surface area contributed by atoms with E-state index in [2.05, 4.69) is 0 Å². The predicted octanol–water partition coefficient (Wildman–Crippen LogP) is 4.30. The molecule has 0 aliphatic carbocycles. The zero-order chi connectivity index (χ0) is 20.3. The third-order valence-corrected chi connectivity index (χ3v) is 5.69. The molecule has 0 aromatic heterocycles. The molecule has 0 radical (unpaired) electrons. The molecule has 0 heterocycles. The Labute approximate surface area is 160 Å². The number of hydrogen-bond acceptors (Lipinski definition) is 7. The zero-order valence-corrected chi connectivity index (χ0v) is 17.3. The lowest BCUT2D eigenvalue weighted by Crippen LogP contribution is -2.18. The minimum Gasteiger partial charge on any atom is -0.497 e. The Kier molecular flexibility index (Phi) is 10.3. The zero-order valence-electron chi connectivity index (χ0n) is 16.4. The maximum atomic E-state index is 12.6. The van der Waals surface area contributed by atoms with Gasteiger partial charge in [0.2, 0.25) is 0 Å². The van der Waals surface area contributed by atoms with E-state index in [9.17, 15) is 14.2 Å². The monoisotopic (exact) mass is 400 g/mol. The molecule has 0 saturated carbocycles. The highest BCUT2D eigenvalue weighted by Crippen LogP contribution is 2.48. The van der Waals surface area contributed by atoms with Gasteiger partial charge in [-0.3, -0.25) is 14.2 Å². The summed E-state index contributed by atoms with van der Waals surface area (Å²) in [7, 11) is -1.94. The molecule has 27 heavy (non-hydrogen) atoms. The number of benzene rings is 1. The van der Waals surface area contributed by atoms with Crippen LogP contribution in [0.15, 0.2) is 24.3 Å². The molecule has 0 amide bonds. The third kappa shape index (κ3) is 8.24. The molecule has 0 N–H and O–H groups in total. The number of carbonyl (C=O) groups is 2. The maximum absolute atomic E-state index is 12.6. The second kappa shape index (κ2) is 11.9. The molecule has 0 fully saturated rings. The first-order chi connectivity index (χ1) is 12.9. The van der Waals surface area contributed by atoms with Crippen LogP contribution in [-0.4, -0.2) is 38.2 Å². The maximum Gasteiger partial charge on any atom is 0.338 e. The molecule has 0 saturated heterocycles. The summed E-state index contributed by atoms with van der Waals surface area (Å²) in [5.74, 6) is -0.0878. The highest BCUT2D eigenvalue weighted by Gasteiger charge is 2.30. The quantitative estimate of drug-likeness (QED) is 0.360. The van der Waals surface area contributed by atoms with Crippen LogP contribution < -0.4 is 4.74 Å². The highest BCUT2D eigenvalue weighted by molar-refractivity contribution is 7.54. The molecule has 0 bridgehead atoms. The van der Waals surface area contributed by atoms with Crippen molar-refractivity contribution < 1.29 is 32.7 Å². The van der Waals surface area contributed by atoms with Crippen LogP contribution in [0.3, 0.4) is 0 Å². The van der Waals surface area contributed by atoms with E-state index in [0.717, 1.165) is 0 Å². The molecular weight excluding hydrogens is 371 g/mol. The van der Waals surface area contributed by atoms with Crippen LogP contribution in [0.4, 0.5) is 0 Å². The molecule has 0 spiro atoms. The standard InChI is InChI=1S/C19H29O7P/c1-5-8-19(21)26-18(15-9-11-17(23-4)12-10-15)13-16(20)14-27(22,24-6-2)25-7-3/h9-12,18H,5-8,13-14H2,1-4H3/t18-/m0/s1. The van der Waals surface area contributed by atoms with Crippen molar-refractivity contribution in [3.63, 3.8) is 0 Å². The first kappa shape index (κ1) is 23.3. The summed E-state index contributed by atoms with van der Waals surface area (Å²) in [5.41, 5.74) is 0.663. The van der Waals surface area contributed by atoms with Gasteiger partial charge in [-0.05, 0) is 38.0 Å². The van der Waals surface area contributed by atoms with E-state index in [1.165, 1.54) is 0 Å². The van der Waals surface area contributed by atoms with Crippen LogP contribution in [0, 0.1) is 0 Å². The van der Waals surface area contributed by atoms with Crippen LogP contribution in [0.25, 0.3) is 0 Å². The van der Waals surface area contributed by atoms with Gasteiger partial charge in [0.05, 0.1) is 20.3 Å². The van der Waals surface area contributed by atoms with Gasteiger partial charge in [-0.1, -0.05) is 19.1 Å². The first-order valence-corrected chi connectivity index (χ1v) is 10.8. The number of ketones is 1. The van der Waals surface area contributed by atoms with Crippen LogP contribution in [0.5, 0.6) is 5.75 Å². The first-order valence-electron chi connectivity index (χ1n) is 9.10. The lowest BCUT2D eigenvalue weighted by atomic mass is 10.0. The van der Waals surface area contributed by atoms with Crippen molar-refractivity contribution in [1.29, 1.82) is 0 Å². The Morgan fingerprint density at radius 3 is 2.11 bits per heavy atom. The molecule has 0 aliphatic heterocycles. The minimum absolute atomic E-state index is 0.105. The summed E-state index contributed by atoms with van der Waals surface area (Å²) in [4.78, 5) is 24.5. The van der Waals surface area contributed by atoms with Gasteiger partial charge in [-0.15, -0.1) is 0 Å². The van der Waals surface area contributed by atoms with Crippen molar-refractivity contribution >= 4 is 19.3 Å². The van der Waals surface area contributed by atoms with Gasteiger partial charge in [0.25, 0.3) is 0 Å². The van der Waals surface area contributed by atoms with Crippen LogP contribution in [0.1, 0.15) is 51.7 Å². The molecule has 152 valence electrons. The predicted molar refractivity (Wildman–Crippen MR) is 102 cm³/mol. The van der Waals surface area contributed by atoms with Crippen molar-refractivity contribution in [2.75, 3.05) is 26.5 Å². The third-order valence-electron chi connectivity index (χ3n) is 3.65. The summed E-state index contributed by atoms with van der Waals surface area (Å²) in [6.07, 6.45) is -0.318. The molecule has 1 aromatic rings. The van der Waals surface area contributed by atoms with E-state index in [0.29, 0.717) is 17.7 Å². The summed E-state index contributed by atoms with van der Waals surface area (Å²) in [5, 5.41) is 0. The van der Waals surface area contributed by atoms with Crippen molar-refractivity contribution in [1.82, 2.24) is 0 Å². The Morgan fingerprint density at radius 2 is 1.63 bits per heavy atom. The fraction of sp³-hybridized carbons (Fsp3) is 0.579. The van der Waals surface area contributed by atoms with E-state index < -0.39 is 13.7 Å². The Hall–Kier alpha value is -1.69. The molecule has 0 aliphatic rings. The molecule has 1 atom stereocenters.